The second kappa shape index (κ2) is 13.0. The van der Waals surface area contributed by atoms with Crippen LogP contribution in [-0.4, -0.2) is 36.1 Å². The number of benzene rings is 3. The highest BCUT2D eigenvalue weighted by molar-refractivity contribution is 7.85. The average Bonchev–Trinajstić information content (AvgIpc) is 3.06. The highest BCUT2D eigenvalue weighted by Gasteiger charge is 2.50. The Morgan fingerprint density at radius 2 is 1.25 bits per heavy atom. The van der Waals surface area contributed by atoms with Gasteiger partial charge in [0, 0.05) is 5.16 Å². The van der Waals surface area contributed by atoms with Crippen LogP contribution < -0.4 is 5.30 Å². The number of rotatable bonds is 6. The Kier molecular flexibility index (Phi) is 9.74. The molecule has 0 N–H and O–H groups in total. The molecule has 1 heterocycles. The third-order valence-electron chi connectivity index (χ3n) is 8.00. The number of hydrogen-bond donors (Lipinski definition) is 0. The summed E-state index contributed by atoms with van der Waals surface area (Å²) in [4.78, 5) is 27.7. The molecule has 1 aliphatic heterocycles. The van der Waals surface area contributed by atoms with Crippen LogP contribution in [0.1, 0.15) is 76.8 Å². The summed E-state index contributed by atoms with van der Waals surface area (Å²) in [6.07, 6.45) is 6.98. The van der Waals surface area contributed by atoms with Crippen molar-refractivity contribution in [3.63, 3.8) is 0 Å². The van der Waals surface area contributed by atoms with E-state index in [1.54, 1.807) is 0 Å². The number of carbonyl (C=O) groups is 2. The Morgan fingerprint density at radius 3 is 1.77 bits per heavy atom. The van der Waals surface area contributed by atoms with E-state index >= 15 is 0 Å². The molecule has 212 valence electrons. The number of hydrogen-bond acceptors (Lipinski definition) is 4. The lowest BCUT2D eigenvalue weighted by molar-refractivity contribution is -0.153. The molecular formula is C35H43O4P. The Balaban J connectivity index is 2.24. The maximum atomic E-state index is 14.1. The summed E-state index contributed by atoms with van der Waals surface area (Å²) in [5.74, 6) is -0.795. The summed E-state index contributed by atoms with van der Waals surface area (Å²) in [6, 6.07) is 31.8. The Labute approximate surface area is 240 Å². The van der Waals surface area contributed by atoms with Crippen molar-refractivity contribution in [3.8, 4) is 0 Å². The molecule has 1 saturated heterocycles. The molecule has 4 nitrogen and oxygen atoms in total. The van der Waals surface area contributed by atoms with Gasteiger partial charge < -0.3 is 9.47 Å². The van der Waals surface area contributed by atoms with Gasteiger partial charge in [-0.15, -0.1) is 0 Å². The van der Waals surface area contributed by atoms with E-state index in [1.807, 2.05) is 39.0 Å². The van der Waals surface area contributed by atoms with Crippen molar-refractivity contribution >= 4 is 29.4 Å². The third kappa shape index (κ3) is 6.13. The van der Waals surface area contributed by atoms with E-state index in [0.717, 1.165) is 50.0 Å². The third-order valence-corrected chi connectivity index (χ3v) is 13.5. The molecule has 0 aliphatic carbocycles. The van der Waals surface area contributed by atoms with Crippen molar-refractivity contribution in [2.45, 2.75) is 76.5 Å². The summed E-state index contributed by atoms with van der Waals surface area (Å²) < 4.78 is 11.4. The number of esters is 2. The fourth-order valence-electron chi connectivity index (χ4n) is 6.51. The smallest absolute Gasteiger partial charge is 0.334 e. The average molecular weight is 559 g/mol. The minimum atomic E-state index is -2.69. The van der Waals surface area contributed by atoms with Crippen LogP contribution in [0.5, 0.6) is 0 Å². The monoisotopic (exact) mass is 558 g/mol. The van der Waals surface area contributed by atoms with E-state index in [0.29, 0.717) is 5.29 Å². The number of carbonyl (C=O) groups excluding carboxylic acids is 2. The SMILES string of the molecule is COC(=O)C(CC(=O)OC(C)(C)C)=P1(c2ccccc2)CCCCCCCC1(c1ccccc1)c1ccccc1. The topological polar surface area (TPSA) is 52.6 Å². The largest absolute Gasteiger partial charge is 0.466 e. The van der Waals surface area contributed by atoms with Crippen LogP contribution in [0, 0.1) is 0 Å². The van der Waals surface area contributed by atoms with Crippen molar-refractivity contribution in [1.29, 1.82) is 0 Å². The Bertz CT molecular complexity index is 1280. The van der Waals surface area contributed by atoms with Crippen molar-refractivity contribution in [1.82, 2.24) is 0 Å². The lowest BCUT2D eigenvalue weighted by Crippen LogP contribution is -2.40. The molecule has 0 saturated carbocycles. The Morgan fingerprint density at radius 1 is 0.750 bits per heavy atom. The molecule has 1 unspecified atom stereocenters. The maximum Gasteiger partial charge on any atom is 0.334 e. The van der Waals surface area contributed by atoms with Gasteiger partial charge in [-0.2, -0.15) is 0 Å². The molecule has 0 aromatic heterocycles. The molecule has 0 bridgehead atoms. The van der Waals surface area contributed by atoms with E-state index in [-0.39, 0.29) is 6.42 Å². The minimum Gasteiger partial charge on any atom is -0.466 e. The van der Waals surface area contributed by atoms with Gasteiger partial charge in [0.05, 0.1) is 18.8 Å². The molecule has 0 amide bonds. The van der Waals surface area contributed by atoms with E-state index in [1.165, 1.54) is 18.2 Å². The lowest BCUT2D eigenvalue weighted by Gasteiger charge is -2.49. The van der Waals surface area contributed by atoms with Gasteiger partial charge in [0.2, 0.25) is 0 Å². The van der Waals surface area contributed by atoms with Crippen molar-refractivity contribution < 1.29 is 19.1 Å². The van der Waals surface area contributed by atoms with Gasteiger partial charge in [-0.3, -0.25) is 4.79 Å². The fraction of sp³-hybridized carbons (Fsp3) is 0.400. The minimum absolute atomic E-state index is 0.0893. The zero-order valence-electron chi connectivity index (χ0n) is 24.4. The predicted octanol–water partition coefficient (Wildman–Crippen LogP) is 7.70. The van der Waals surface area contributed by atoms with Crippen LogP contribution >= 0.6 is 6.89 Å². The van der Waals surface area contributed by atoms with Crippen LogP contribution in [0.2, 0.25) is 0 Å². The molecule has 1 fully saturated rings. The maximum absolute atomic E-state index is 14.1. The van der Waals surface area contributed by atoms with Crippen LogP contribution in [-0.2, 0) is 24.2 Å². The van der Waals surface area contributed by atoms with Crippen molar-refractivity contribution in [3.05, 3.63) is 102 Å². The summed E-state index contributed by atoms with van der Waals surface area (Å²) in [6.45, 7) is 2.90. The second-order valence-electron chi connectivity index (χ2n) is 11.7. The van der Waals surface area contributed by atoms with E-state index in [9.17, 15) is 9.59 Å². The van der Waals surface area contributed by atoms with Crippen LogP contribution in [0.4, 0.5) is 0 Å². The second-order valence-corrected chi connectivity index (χ2v) is 15.6. The molecule has 1 aliphatic rings. The van der Waals surface area contributed by atoms with E-state index in [2.05, 4.69) is 72.8 Å². The molecule has 3 aromatic rings. The van der Waals surface area contributed by atoms with Crippen LogP contribution in [0.25, 0.3) is 0 Å². The van der Waals surface area contributed by atoms with Gasteiger partial charge in [-0.1, -0.05) is 124 Å². The molecule has 4 rings (SSSR count). The van der Waals surface area contributed by atoms with Crippen molar-refractivity contribution in [2.24, 2.45) is 0 Å². The molecule has 3 aromatic carbocycles. The van der Waals surface area contributed by atoms with Gasteiger partial charge in [0.15, 0.2) is 0 Å². The summed E-state index contributed by atoms with van der Waals surface area (Å²) in [7, 11) is 1.43. The molecular weight excluding hydrogens is 515 g/mol. The van der Waals surface area contributed by atoms with Crippen molar-refractivity contribution in [2.75, 3.05) is 13.3 Å². The number of ether oxygens (including phenoxy) is 2. The summed E-state index contributed by atoms with van der Waals surface area (Å²) in [5.41, 5.74) is 1.71. The lowest BCUT2D eigenvalue weighted by atomic mass is 9.85. The first kappa shape index (κ1) is 29.9. The first-order chi connectivity index (χ1) is 19.2. The molecule has 40 heavy (non-hydrogen) atoms. The first-order valence-corrected chi connectivity index (χ1v) is 16.4. The quantitative estimate of drug-likeness (QED) is 0.230. The highest BCUT2D eigenvalue weighted by Crippen LogP contribution is 2.70. The van der Waals surface area contributed by atoms with Gasteiger partial charge in [0.25, 0.3) is 0 Å². The zero-order chi connectivity index (χ0) is 28.6. The van der Waals surface area contributed by atoms with E-state index in [4.69, 9.17) is 9.47 Å². The molecule has 0 spiro atoms. The van der Waals surface area contributed by atoms with Crippen LogP contribution in [0.15, 0.2) is 91.0 Å². The summed E-state index contributed by atoms with van der Waals surface area (Å²) >= 11 is 0. The molecule has 5 heteroatoms. The highest BCUT2D eigenvalue weighted by atomic mass is 31.2. The van der Waals surface area contributed by atoms with Gasteiger partial charge >= 0.3 is 11.9 Å². The standard InChI is InChI=1S/C35H43O4P/c1-34(2,3)39-32(36)27-31(33(37)38-4)40(30-23-15-10-16-24-30)26-18-7-5-6-17-25-35(40,28-19-11-8-12-20-28)29-21-13-9-14-22-29/h8-16,19-24H,5-7,17-18,25-27H2,1-4H3. The van der Waals surface area contributed by atoms with Gasteiger partial charge in [0.1, 0.15) is 5.60 Å². The zero-order valence-corrected chi connectivity index (χ0v) is 25.3. The Hall–Kier alpha value is -3.10. The molecule has 0 radical (unpaired) electrons. The van der Waals surface area contributed by atoms with E-state index < -0.39 is 29.6 Å². The first-order valence-electron chi connectivity index (χ1n) is 14.5. The van der Waals surface area contributed by atoms with Gasteiger partial charge in [-0.25, -0.2) is 4.79 Å². The fourth-order valence-corrected chi connectivity index (χ4v) is 12.5. The normalized spacial score (nSPS) is 19.4. The summed E-state index contributed by atoms with van der Waals surface area (Å²) in [5, 5.41) is 1.19. The van der Waals surface area contributed by atoms with Gasteiger partial charge in [-0.05, 0) is 56.2 Å². The predicted molar refractivity (Wildman–Crippen MR) is 167 cm³/mol. The molecule has 1 atom stereocenters. The van der Waals surface area contributed by atoms with Crippen LogP contribution in [0.3, 0.4) is 0 Å². The number of methoxy groups -OCH3 is 1.